The van der Waals surface area contributed by atoms with E-state index in [0.717, 1.165) is 4.88 Å². The molecule has 0 aliphatic rings. The van der Waals surface area contributed by atoms with E-state index in [4.69, 9.17) is 0 Å². The van der Waals surface area contributed by atoms with Gasteiger partial charge in [0.25, 0.3) is 0 Å². The minimum atomic E-state index is -0.815. The van der Waals surface area contributed by atoms with E-state index in [0.29, 0.717) is 5.69 Å². The first-order valence-corrected chi connectivity index (χ1v) is 6.75. The van der Waals surface area contributed by atoms with Crippen LogP contribution >= 0.6 is 11.3 Å². The first kappa shape index (κ1) is 14.2. The molecule has 2 heterocycles. The number of aromatic nitrogens is 1. The highest BCUT2D eigenvalue weighted by Crippen LogP contribution is 2.17. The Labute approximate surface area is 119 Å². The fraction of sp³-hybridized carbons (Fsp3) is 0.154. The summed E-state index contributed by atoms with van der Waals surface area (Å²) in [6, 6.07) is 6.84. The lowest BCUT2D eigenvalue weighted by Crippen LogP contribution is -2.37. The molecule has 0 radical (unpaired) electrons. The Morgan fingerprint density at radius 3 is 2.80 bits per heavy atom. The zero-order valence-corrected chi connectivity index (χ0v) is 11.3. The summed E-state index contributed by atoms with van der Waals surface area (Å²) in [5.41, 5.74) is 0.437. The third kappa shape index (κ3) is 3.87. The second-order valence-corrected chi connectivity index (χ2v) is 4.92. The molecule has 0 unspecified atom stereocenters. The number of hydrogen-bond donors (Lipinski definition) is 3. The topological polar surface area (TPSA) is 91.3 Å². The first-order valence-electron chi connectivity index (χ1n) is 5.87. The summed E-state index contributed by atoms with van der Waals surface area (Å²) in [6.07, 6.45) is 2.18. The average molecular weight is 291 g/mol. The Morgan fingerprint density at radius 1 is 1.30 bits per heavy atom. The summed E-state index contributed by atoms with van der Waals surface area (Å²) in [5, 5.41) is 16.4. The predicted molar refractivity (Wildman–Crippen MR) is 75.2 cm³/mol. The molecule has 0 saturated carbocycles. The largest absolute Gasteiger partial charge is 0.386 e. The number of carbonyl (C=O) groups excluding carboxylic acids is 2. The van der Waals surface area contributed by atoms with E-state index in [1.54, 1.807) is 30.5 Å². The van der Waals surface area contributed by atoms with Crippen LogP contribution in [-0.4, -0.2) is 28.4 Å². The summed E-state index contributed by atoms with van der Waals surface area (Å²) >= 11 is 1.38. The van der Waals surface area contributed by atoms with Gasteiger partial charge in [0, 0.05) is 17.6 Å². The molecule has 0 fully saturated rings. The number of nitrogens with one attached hydrogen (secondary N) is 2. The highest BCUT2D eigenvalue weighted by Gasteiger charge is 2.16. The van der Waals surface area contributed by atoms with Crippen LogP contribution in [0, 0.1) is 0 Å². The van der Waals surface area contributed by atoms with Crippen LogP contribution in [0.4, 0.5) is 5.69 Å². The maximum atomic E-state index is 11.6. The van der Waals surface area contributed by atoms with Crippen LogP contribution in [0.25, 0.3) is 0 Å². The molecular weight excluding hydrogens is 278 g/mol. The SMILES string of the molecule is O=C(NC[C@H](O)c1cccs1)C(=O)Nc1cccnc1. The molecule has 2 amide bonds. The number of carbonyl (C=O) groups is 2. The quantitative estimate of drug-likeness (QED) is 0.731. The van der Waals surface area contributed by atoms with Gasteiger partial charge in [-0.3, -0.25) is 14.6 Å². The number of amides is 2. The van der Waals surface area contributed by atoms with Gasteiger partial charge >= 0.3 is 11.8 Å². The second-order valence-electron chi connectivity index (χ2n) is 3.94. The molecule has 0 bridgehead atoms. The molecule has 0 aliphatic heterocycles. The number of thiophene rings is 1. The molecule has 2 aromatic rings. The standard InChI is InChI=1S/C13H13N3O3S/c17-10(11-4-2-6-20-11)8-15-12(18)13(19)16-9-3-1-5-14-7-9/h1-7,10,17H,8H2,(H,15,18)(H,16,19)/t10-/m0/s1. The Morgan fingerprint density at radius 2 is 2.15 bits per heavy atom. The molecule has 2 rings (SSSR count). The van der Waals surface area contributed by atoms with Crippen LogP contribution in [0.15, 0.2) is 42.0 Å². The zero-order chi connectivity index (χ0) is 14.4. The van der Waals surface area contributed by atoms with E-state index in [1.165, 1.54) is 17.5 Å². The van der Waals surface area contributed by atoms with Crippen LogP contribution in [-0.2, 0) is 9.59 Å². The number of pyridine rings is 1. The van der Waals surface area contributed by atoms with Crippen LogP contribution in [0.3, 0.4) is 0 Å². The van der Waals surface area contributed by atoms with Gasteiger partial charge in [0.1, 0.15) is 6.10 Å². The van der Waals surface area contributed by atoms with Gasteiger partial charge in [0.05, 0.1) is 11.9 Å². The number of nitrogens with zero attached hydrogens (tertiary/aromatic N) is 1. The molecule has 6 nitrogen and oxygen atoms in total. The van der Waals surface area contributed by atoms with Crippen molar-refractivity contribution >= 4 is 28.8 Å². The fourth-order valence-electron chi connectivity index (χ4n) is 1.48. The van der Waals surface area contributed by atoms with Crippen LogP contribution < -0.4 is 10.6 Å². The van der Waals surface area contributed by atoms with Gasteiger partial charge in [-0.15, -0.1) is 11.3 Å². The van der Waals surface area contributed by atoms with Crippen molar-refractivity contribution in [2.24, 2.45) is 0 Å². The summed E-state index contributed by atoms with van der Waals surface area (Å²) in [7, 11) is 0. The van der Waals surface area contributed by atoms with Crippen molar-refractivity contribution in [1.29, 1.82) is 0 Å². The summed E-state index contributed by atoms with van der Waals surface area (Å²) < 4.78 is 0. The Bertz CT molecular complexity index is 572. The number of rotatable bonds is 4. The van der Waals surface area contributed by atoms with Gasteiger partial charge in [-0.2, -0.15) is 0 Å². The maximum absolute atomic E-state index is 11.6. The Balaban J connectivity index is 1.81. The van der Waals surface area contributed by atoms with Gasteiger partial charge in [-0.1, -0.05) is 6.07 Å². The maximum Gasteiger partial charge on any atom is 0.313 e. The Kier molecular flexibility index (Phi) is 4.80. The molecule has 2 aromatic heterocycles. The summed E-state index contributed by atoms with van der Waals surface area (Å²) in [5.74, 6) is -1.60. The van der Waals surface area contributed by atoms with Gasteiger partial charge in [-0.25, -0.2) is 0 Å². The summed E-state index contributed by atoms with van der Waals surface area (Å²) in [6.45, 7) is -0.0141. The average Bonchev–Trinajstić information content (AvgIpc) is 2.99. The van der Waals surface area contributed by atoms with Gasteiger partial charge < -0.3 is 15.7 Å². The minimum Gasteiger partial charge on any atom is -0.386 e. The smallest absolute Gasteiger partial charge is 0.313 e. The number of aliphatic hydroxyl groups is 1. The molecule has 0 saturated heterocycles. The number of anilines is 1. The molecular formula is C13H13N3O3S. The fourth-order valence-corrected chi connectivity index (χ4v) is 2.19. The van der Waals surface area contributed by atoms with Crippen molar-refractivity contribution in [1.82, 2.24) is 10.3 Å². The van der Waals surface area contributed by atoms with E-state index >= 15 is 0 Å². The predicted octanol–water partition coefficient (Wildman–Crippen LogP) is 0.931. The van der Waals surface area contributed by atoms with Gasteiger partial charge in [-0.05, 0) is 23.6 Å². The molecule has 104 valence electrons. The van der Waals surface area contributed by atoms with Crippen LogP contribution in [0.2, 0.25) is 0 Å². The third-order valence-electron chi connectivity index (χ3n) is 2.45. The lowest BCUT2D eigenvalue weighted by atomic mass is 10.3. The van der Waals surface area contributed by atoms with Crippen molar-refractivity contribution in [3.8, 4) is 0 Å². The molecule has 20 heavy (non-hydrogen) atoms. The molecule has 7 heteroatoms. The summed E-state index contributed by atoms with van der Waals surface area (Å²) in [4.78, 5) is 27.7. The van der Waals surface area contributed by atoms with Crippen LogP contribution in [0.5, 0.6) is 0 Å². The lowest BCUT2D eigenvalue weighted by Gasteiger charge is -2.10. The molecule has 1 atom stereocenters. The lowest BCUT2D eigenvalue weighted by molar-refractivity contribution is -0.136. The van der Waals surface area contributed by atoms with E-state index in [2.05, 4.69) is 15.6 Å². The first-order chi connectivity index (χ1) is 9.66. The van der Waals surface area contributed by atoms with Crippen molar-refractivity contribution in [3.05, 3.63) is 46.9 Å². The van der Waals surface area contributed by atoms with E-state index in [1.807, 2.05) is 5.38 Å². The van der Waals surface area contributed by atoms with Gasteiger partial charge in [0.15, 0.2) is 0 Å². The van der Waals surface area contributed by atoms with E-state index < -0.39 is 17.9 Å². The molecule has 0 aromatic carbocycles. The van der Waals surface area contributed by atoms with Gasteiger partial charge in [0.2, 0.25) is 0 Å². The van der Waals surface area contributed by atoms with Crippen molar-refractivity contribution in [2.75, 3.05) is 11.9 Å². The number of aliphatic hydroxyl groups excluding tert-OH is 1. The monoisotopic (exact) mass is 291 g/mol. The van der Waals surface area contributed by atoms with E-state index in [9.17, 15) is 14.7 Å². The van der Waals surface area contributed by atoms with Crippen molar-refractivity contribution in [2.45, 2.75) is 6.10 Å². The molecule has 0 spiro atoms. The minimum absolute atomic E-state index is 0.0141. The highest BCUT2D eigenvalue weighted by atomic mass is 32.1. The van der Waals surface area contributed by atoms with Crippen molar-refractivity contribution in [3.63, 3.8) is 0 Å². The number of hydrogen-bond acceptors (Lipinski definition) is 5. The highest BCUT2D eigenvalue weighted by molar-refractivity contribution is 7.10. The zero-order valence-electron chi connectivity index (χ0n) is 10.4. The molecule has 3 N–H and O–H groups in total. The van der Waals surface area contributed by atoms with E-state index in [-0.39, 0.29) is 6.54 Å². The Hall–Kier alpha value is -2.25. The van der Waals surface area contributed by atoms with Crippen molar-refractivity contribution < 1.29 is 14.7 Å². The normalized spacial score (nSPS) is 11.7. The third-order valence-corrected chi connectivity index (χ3v) is 3.43. The van der Waals surface area contributed by atoms with Crippen LogP contribution in [0.1, 0.15) is 11.0 Å². The molecule has 0 aliphatic carbocycles. The second kappa shape index (κ2) is 6.78.